The molecule has 91 heavy (non-hydrogen) atoms. The lowest BCUT2D eigenvalue weighted by Gasteiger charge is -2.20. The Morgan fingerprint density at radius 2 is 0.758 bits per heavy atom. The molecule has 8 heteroatoms. The third kappa shape index (κ3) is 10.5. The molecule has 6 heterocycles. The Hall–Kier alpha value is -12.6. The number of benzene rings is 9. The summed E-state index contributed by atoms with van der Waals surface area (Å²) in [5.74, 6) is 0. The van der Waals surface area contributed by atoms with Gasteiger partial charge in [-0.1, -0.05) is 213 Å². The lowest BCUT2D eigenvalue weighted by Crippen LogP contribution is -2.07. The Labute approximate surface area is 527 Å². The van der Waals surface area contributed by atoms with Crippen molar-refractivity contribution in [2.24, 2.45) is 0 Å². The minimum Gasteiger partial charge on any atom is -0.307 e. The lowest BCUT2D eigenvalue weighted by molar-refractivity contribution is 1.05. The standard InChI is InChI=1S/C83H54N8/c1-2-78-66(33-16-31-65-32-17-34-71(86-65)56-22-7-3-8-23-56)67-44-41-61(75-38-18-35-72(87-75)57-24-9-4-10-25-57)48-79(67)90(78)83-52-70(60-30-15-21-55(47-60)53-84)64(54-85)51-82(83)91-80-49-62(76-39-19-36-73(88-76)58-26-11-5-12-27-58)42-45-68(80)69-46-43-63(50-81(69)91)77-40-20-37-74(89-77)59-28-13-6-14-29-59/h2-30,32-52H,1,31H2/b33-16-. The molecule has 8 nitrogen and oxygen atoms in total. The summed E-state index contributed by atoms with van der Waals surface area (Å²) in [6.45, 7) is 4.60. The van der Waals surface area contributed by atoms with Crippen LogP contribution in [0, 0.1) is 22.7 Å². The highest BCUT2D eigenvalue weighted by Gasteiger charge is 2.25. The minimum atomic E-state index is 0.426. The molecular formula is C83H54N8. The van der Waals surface area contributed by atoms with Gasteiger partial charge >= 0.3 is 0 Å². The number of allylic oxidation sites excluding steroid dienone is 1. The van der Waals surface area contributed by atoms with Crippen molar-refractivity contribution >= 4 is 44.9 Å². The van der Waals surface area contributed by atoms with E-state index in [1.54, 1.807) is 6.07 Å². The molecule has 9 aromatic carbocycles. The molecule has 0 bridgehead atoms. The van der Waals surface area contributed by atoms with Crippen LogP contribution in [-0.4, -0.2) is 29.1 Å². The fraction of sp³-hybridized carbons (Fsp3) is 0.0120. The summed E-state index contributed by atoms with van der Waals surface area (Å²) in [7, 11) is 0. The number of rotatable bonds is 14. The van der Waals surface area contributed by atoms with Crippen LogP contribution in [0.1, 0.15) is 28.1 Å². The topological polar surface area (TPSA) is 109 Å². The molecule has 0 unspecified atom stereocenters. The van der Waals surface area contributed by atoms with Crippen molar-refractivity contribution in [2.45, 2.75) is 6.42 Å². The molecule has 15 aromatic rings. The second kappa shape index (κ2) is 23.9. The molecule has 0 fully saturated rings. The molecule has 0 saturated heterocycles. The number of fused-ring (bicyclic) bond motifs is 4. The number of nitrogens with zero attached hydrogens (tertiary/aromatic N) is 8. The average Bonchev–Trinajstić information content (AvgIpc) is 1.59. The summed E-state index contributed by atoms with van der Waals surface area (Å²) in [6.07, 6.45) is 6.86. The molecule has 0 N–H and O–H groups in total. The van der Waals surface area contributed by atoms with Gasteiger partial charge in [-0.2, -0.15) is 10.5 Å². The van der Waals surface area contributed by atoms with E-state index in [2.05, 4.69) is 198 Å². The van der Waals surface area contributed by atoms with E-state index in [1.165, 1.54) is 0 Å². The number of hydrogen-bond donors (Lipinski definition) is 0. The van der Waals surface area contributed by atoms with Crippen molar-refractivity contribution in [1.82, 2.24) is 29.1 Å². The third-order valence-corrected chi connectivity index (χ3v) is 16.9. The first-order valence-electron chi connectivity index (χ1n) is 30.2. The normalized spacial score (nSPS) is 11.3. The monoisotopic (exact) mass is 1160 g/mol. The van der Waals surface area contributed by atoms with Crippen LogP contribution < -0.4 is 0 Å². The van der Waals surface area contributed by atoms with Gasteiger partial charge in [-0.15, -0.1) is 0 Å². The van der Waals surface area contributed by atoms with Crippen LogP contribution in [0.4, 0.5) is 0 Å². The van der Waals surface area contributed by atoms with Crippen molar-refractivity contribution in [1.29, 1.82) is 10.5 Å². The molecule has 426 valence electrons. The predicted molar refractivity (Wildman–Crippen MR) is 371 cm³/mol. The maximum absolute atomic E-state index is 11.6. The van der Waals surface area contributed by atoms with E-state index in [-0.39, 0.29) is 0 Å². The summed E-state index contributed by atoms with van der Waals surface area (Å²) in [5, 5.41) is 24.9. The fourth-order valence-corrected chi connectivity index (χ4v) is 12.5. The summed E-state index contributed by atoms with van der Waals surface area (Å²) >= 11 is 0. The van der Waals surface area contributed by atoms with Crippen molar-refractivity contribution in [3.63, 3.8) is 0 Å². The molecule has 15 rings (SSSR count). The second-order valence-corrected chi connectivity index (χ2v) is 22.4. The van der Waals surface area contributed by atoms with Crippen LogP contribution in [-0.2, 0) is 6.42 Å². The van der Waals surface area contributed by atoms with E-state index in [0.29, 0.717) is 23.1 Å². The Morgan fingerprint density at radius 3 is 1.22 bits per heavy atom. The van der Waals surface area contributed by atoms with Gasteiger partial charge in [-0.25, -0.2) is 15.0 Å². The molecule has 0 aliphatic heterocycles. The first-order chi connectivity index (χ1) is 45.0. The van der Waals surface area contributed by atoms with Crippen LogP contribution in [0.15, 0.2) is 298 Å². The zero-order valence-corrected chi connectivity index (χ0v) is 49.4. The minimum absolute atomic E-state index is 0.426. The molecule has 0 radical (unpaired) electrons. The number of hydrogen-bond acceptors (Lipinski definition) is 6. The zero-order valence-electron chi connectivity index (χ0n) is 49.4. The van der Waals surface area contributed by atoms with Gasteiger partial charge in [0.05, 0.1) is 96.7 Å². The Bertz CT molecular complexity index is 5280. The van der Waals surface area contributed by atoms with Gasteiger partial charge in [0.15, 0.2) is 0 Å². The third-order valence-electron chi connectivity index (χ3n) is 16.9. The first kappa shape index (κ1) is 55.0. The van der Waals surface area contributed by atoms with Crippen LogP contribution >= 0.6 is 0 Å². The van der Waals surface area contributed by atoms with Crippen LogP contribution in [0.2, 0.25) is 0 Å². The van der Waals surface area contributed by atoms with Gasteiger partial charge in [0.1, 0.15) is 0 Å². The Morgan fingerprint density at radius 1 is 0.352 bits per heavy atom. The summed E-state index contributed by atoms with van der Waals surface area (Å²) in [4.78, 5) is 21.0. The SMILES string of the molecule is C=Cc1c(/C=C\Cc2cccc(-c3ccccc3)n2)c2ccc(-c3cccc(-c4ccccc4)n3)cc2n1-c1cc(-c2cccc(C#N)c2)c(C#N)cc1-n1c2cc(-c3cccc(-c4ccccc4)n3)ccc2c2ccc(-c3cccc(-c4ccccc4)n3)cc21. The van der Waals surface area contributed by atoms with Crippen molar-refractivity contribution in [2.75, 3.05) is 0 Å². The summed E-state index contributed by atoms with van der Waals surface area (Å²) in [5.41, 5.74) is 22.0. The van der Waals surface area contributed by atoms with Gasteiger partial charge in [0.2, 0.25) is 0 Å². The molecule has 0 saturated carbocycles. The summed E-state index contributed by atoms with van der Waals surface area (Å²) < 4.78 is 4.59. The molecule has 0 amide bonds. The van der Waals surface area contributed by atoms with Crippen molar-refractivity contribution < 1.29 is 0 Å². The zero-order chi connectivity index (χ0) is 61.2. The van der Waals surface area contributed by atoms with E-state index in [9.17, 15) is 10.5 Å². The molecule has 6 aromatic heterocycles. The number of aromatic nitrogens is 6. The van der Waals surface area contributed by atoms with Crippen molar-refractivity contribution in [3.05, 3.63) is 326 Å². The maximum Gasteiger partial charge on any atom is 0.0998 e. The molecule has 0 spiro atoms. The number of nitriles is 2. The highest BCUT2D eigenvalue weighted by Crippen LogP contribution is 2.44. The average molecular weight is 1160 g/mol. The predicted octanol–water partition coefficient (Wildman–Crippen LogP) is 20.3. The van der Waals surface area contributed by atoms with Gasteiger partial charge in [-0.3, -0.25) is 4.98 Å². The van der Waals surface area contributed by atoms with Crippen LogP contribution in [0.25, 0.3) is 146 Å². The molecule has 0 atom stereocenters. The quantitative estimate of drug-likeness (QED) is 0.107. The van der Waals surface area contributed by atoms with E-state index < -0.39 is 0 Å². The largest absolute Gasteiger partial charge is 0.307 e. The number of pyridine rings is 4. The van der Waals surface area contributed by atoms with E-state index in [4.69, 9.17) is 19.9 Å². The maximum atomic E-state index is 11.6. The smallest absolute Gasteiger partial charge is 0.0998 e. The molecule has 0 aliphatic carbocycles. The Balaban J connectivity index is 1.02. The Kier molecular flexibility index (Phi) is 14.5. The lowest BCUT2D eigenvalue weighted by atomic mass is 9.96. The van der Waals surface area contributed by atoms with Gasteiger partial charge in [0, 0.05) is 78.3 Å². The molecular weight excluding hydrogens is 1110 g/mol. The summed E-state index contributed by atoms with van der Waals surface area (Å²) in [6, 6.07) is 102. The first-order valence-corrected chi connectivity index (χ1v) is 30.2. The fourth-order valence-electron chi connectivity index (χ4n) is 12.5. The van der Waals surface area contributed by atoms with Gasteiger partial charge in [0.25, 0.3) is 0 Å². The van der Waals surface area contributed by atoms with Gasteiger partial charge in [-0.05, 0) is 103 Å². The highest BCUT2D eigenvalue weighted by atomic mass is 15.1. The van der Waals surface area contributed by atoms with E-state index in [1.807, 2.05) is 127 Å². The highest BCUT2D eigenvalue weighted by molar-refractivity contribution is 6.12. The van der Waals surface area contributed by atoms with Gasteiger partial charge < -0.3 is 9.13 Å². The van der Waals surface area contributed by atoms with Crippen LogP contribution in [0.3, 0.4) is 0 Å². The molecule has 0 aliphatic rings. The second-order valence-electron chi connectivity index (χ2n) is 22.4. The van der Waals surface area contributed by atoms with Crippen molar-refractivity contribution in [3.8, 4) is 113 Å². The van der Waals surface area contributed by atoms with E-state index >= 15 is 0 Å². The van der Waals surface area contributed by atoms with E-state index in [0.717, 1.165) is 145 Å². The van der Waals surface area contributed by atoms with Crippen LogP contribution in [0.5, 0.6) is 0 Å².